The minimum atomic E-state index is 0.297. The summed E-state index contributed by atoms with van der Waals surface area (Å²) in [6.07, 6.45) is 4.80. The van der Waals surface area contributed by atoms with Crippen LogP contribution in [0.15, 0.2) is 36.5 Å². The van der Waals surface area contributed by atoms with Crippen molar-refractivity contribution >= 4 is 22.7 Å². The Morgan fingerprint density at radius 1 is 1.28 bits per heavy atom. The summed E-state index contributed by atoms with van der Waals surface area (Å²) in [6, 6.07) is 12.6. The number of fused-ring (bicyclic) bond motifs is 1. The lowest BCUT2D eigenvalue weighted by Gasteiger charge is -2.28. The summed E-state index contributed by atoms with van der Waals surface area (Å²) in [5.74, 6) is 2.16. The van der Waals surface area contributed by atoms with E-state index in [0.717, 1.165) is 66.4 Å². The Hall–Kier alpha value is -3.24. The van der Waals surface area contributed by atoms with E-state index in [-0.39, 0.29) is 0 Å². The van der Waals surface area contributed by atoms with Crippen LogP contribution in [0.5, 0.6) is 5.75 Å². The lowest BCUT2D eigenvalue weighted by Crippen LogP contribution is -2.39. The molecule has 7 nitrogen and oxygen atoms in total. The van der Waals surface area contributed by atoms with Gasteiger partial charge in [0.2, 0.25) is 0 Å². The van der Waals surface area contributed by atoms with Crippen molar-refractivity contribution in [3.63, 3.8) is 0 Å². The highest BCUT2D eigenvalue weighted by atomic mass is 16.5. The van der Waals surface area contributed by atoms with E-state index in [0.29, 0.717) is 24.1 Å². The highest BCUT2D eigenvalue weighted by Gasteiger charge is 2.24. The molecule has 1 saturated heterocycles. The fourth-order valence-corrected chi connectivity index (χ4v) is 4.32. The third-order valence-corrected chi connectivity index (χ3v) is 5.75. The van der Waals surface area contributed by atoms with Crippen molar-refractivity contribution in [1.82, 2.24) is 14.9 Å². The van der Waals surface area contributed by atoms with Crippen LogP contribution in [-0.4, -0.2) is 35.4 Å². The number of hydrogen-bond acceptors (Lipinski definition) is 6. The second-order valence-corrected chi connectivity index (χ2v) is 8.69. The van der Waals surface area contributed by atoms with E-state index >= 15 is 0 Å². The maximum atomic E-state index is 10.1. The first-order valence-electron chi connectivity index (χ1n) is 11.5. The maximum absolute atomic E-state index is 10.1. The molecule has 3 aromatic rings. The quantitative estimate of drug-likeness (QED) is 0.478. The Balaban J connectivity index is 1.82. The molecule has 1 aliphatic rings. The summed E-state index contributed by atoms with van der Waals surface area (Å²) in [4.78, 5) is 0. The highest BCUT2D eigenvalue weighted by molar-refractivity contribution is 5.82. The molecule has 1 fully saturated rings. The molecule has 0 bridgehead atoms. The number of pyridine rings is 1. The number of ether oxygens (including phenoxy) is 1. The van der Waals surface area contributed by atoms with Crippen LogP contribution in [0.2, 0.25) is 0 Å². The van der Waals surface area contributed by atoms with Crippen LogP contribution in [0.4, 0.5) is 17.2 Å². The first kappa shape index (κ1) is 22.0. The molecular weight excluding hydrogens is 400 g/mol. The van der Waals surface area contributed by atoms with Crippen molar-refractivity contribution in [2.75, 3.05) is 30.3 Å². The van der Waals surface area contributed by atoms with Crippen molar-refractivity contribution in [1.29, 1.82) is 5.26 Å². The van der Waals surface area contributed by atoms with E-state index in [1.807, 2.05) is 41.8 Å². The largest absolute Gasteiger partial charge is 0.494 e. The summed E-state index contributed by atoms with van der Waals surface area (Å²) in [7, 11) is 0. The predicted molar refractivity (Wildman–Crippen MR) is 129 cm³/mol. The molecule has 0 radical (unpaired) electrons. The van der Waals surface area contributed by atoms with Gasteiger partial charge in [-0.3, -0.25) is 0 Å². The number of aromatic nitrogens is 2. The lowest BCUT2D eigenvalue weighted by molar-refractivity contribution is 0.340. The highest BCUT2D eigenvalue weighted by Crippen LogP contribution is 2.36. The van der Waals surface area contributed by atoms with Gasteiger partial charge in [0.25, 0.3) is 0 Å². The van der Waals surface area contributed by atoms with E-state index in [2.05, 4.69) is 41.0 Å². The van der Waals surface area contributed by atoms with Crippen LogP contribution >= 0.6 is 0 Å². The molecule has 32 heavy (non-hydrogen) atoms. The van der Waals surface area contributed by atoms with Crippen LogP contribution < -0.4 is 20.7 Å². The predicted octanol–water partition coefficient (Wildman–Crippen LogP) is 4.71. The lowest BCUT2D eigenvalue weighted by atomic mass is 9.97. The average molecular weight is 433 g/mol. The monoisotopic (exact) mass is 432 g/mol. The standard InChI is InChI=1S/C25H32N6O/c1-4-32-20-9-7-18(8-10-20)30-25-21(14-17(2)3)24(29-19-6-5-12-27-16-19)22(15-26)23-11-13-28-31(23)25/h7-11,13,17,19,27,29-30H,4-6,12,14,16H2,1-3H3/t19-/m1/s1. The van der Waals surface area contributed by atoms with Gasteiger partial charge in [0.1, 0.15) is 23.2 Å². The maximum Gasteiger partial charge on any atom is 0.137 e. The molecule has 0 saturated carbocycles. The summed E-state index contributed by atoms with van der Waals surface area (Å²) in [5.41, 5.74) is 4.43. The number of nitriles is 1. The van der Waals surface area contributed by atoms with Gasteiger partial charge in [0.15, 0.2) is 0 Å². The smallest absolute Gasteiger partial charge is 0.137 e. The Kier molecular flexibility index (Phi) is 6.81. The van der Waals surface area contributed by atoms with Crippen molar-refractivity contribution in [3.05, 3.63) is 47.7 Å². The third kappa shape index (κ3) is 4.66. The third-order valence-electron chi connectivity index (χ3n) is 5.75. The minimum absolute atomic E-state index is 0.297. The van der Waals surface area contributed by atoms with Crippen molar-refractivity contribution in [3.8, 4) is 11.8 Å². The average Bonchev–Trinajstić information content (AvgIpc) is 3.27. The molecule has 168 valence electrons. The van der Waals surface area contributed by atoms with Gasteiger partial charge in [-0.05, 0) is 69.0 Å². The van der Waals surface area contributed by atoms with Gasteiger partial charge in [0, 0.05) is 23.8 Å². The molecule has 3 N–H and O–H groups in total. The number of hydrogen-bond donors (Lipinski definition) is 3. The van der Waals surface area contributed by atoms with Gasteiger partial charge in [-0.1, -0.05) is 13.8 Å². The zero-order valence-corrected chi connectivity index (χ0v) is 19.1. The summed E-state index contributed by atoms with van der Waals surface area (Å²) in [5, 5.41) is 25.4. The molecule has 0 aliphatic carbocycles. The van der Waals surface area contributed by atoms with Gasteiger partial charge in [-0.15, -0.1) is 0 Å². The number of benzene rings is 1. The molecule has 4 rings (SSSR count). The van der Waals surface area contributed by atoms with Gasteiger partial charge >= 0.3 is 0 Å². The van der Waals surface area contributed by atoms with Crippen molar-refractivity contribution < 1.29 is 4.74 Å². The fraction of sp³-hybridized carbons (Fsp3) is 0.440. The van der Waals surface area contributed by atoms with Crippen LogP contribution in [-0.2, 0) is 6.42 Å². The molecule has 0 spiro atoms. The Morgan fingerprint density at radius 2 is 2.09 bits per heavy atom. The number of nitrogens with zero attached hydrogens (tertiary/aromatic N) is 3. The SMILES string of the molecule is CCOc1ccc(Nc2c(CC(C)C)c(N[C@@H]3CCCNC3)c(C#N)c3ccnn23)cc1. The second kappa shape index (κ2) is 9.92. The normalized spacial score (nSPS) is 16.2. The summed E-state index contributed by atoms with van der Waals surface area (Å²) >= 11 is 0. The molecule has 1 aliphatic heterocycles. The van der Waals surface area contributed by atoms with E-state index in [1.54, 1.807) is 6.20 Å². The zero-order chi connectivity index (χ0) is 22.5. The zero-order valence-electron chi connectivity index (χ0n) is 19.1. The number of nitrogens with one attached hydrogen (secondary N) is 3. The molecule has 7 heteroatoms. The molecule has 3 heterocycles. The summed E-state index contributed by atoms with van der Waals surface area (Å²) in [6.45, 7) is 8.97. The van der Waals surface area contributed by atoms with Gasteiger partial charge < -0.3 is 20.7 Å². The van der Waals surface area contributed by atoms with Crippen molar-refractivity contribution in [2.24, 2.45) is 5.92 Å². The van der Waals surface area contributed by atoms with Crippen LogP contribution in [0, 0.1) is 17.2 Å². The molecule has 1 atom stereocenters. The van der Waals surface area contributed by atoms with Crippen LogP contribution in [0.1, 0.15) is 44.7 Å². The number of piperidine rings is 1. The van der Waals surface area contributed by atoms with E-state index in [1.165, 1.54) is 0 Å². The Bertz CT molecular complexity index is 1090. The van der Waals surface area contributed by atoms with Crippen LogP contribution in [0.3, 0.4) is 0 Å². The van der Waals surface area contributed by atoms with Crippen molar-refractivity contribution in [2.45, 2.75) is 46.1 Å². The Morgan fingerprint density at radius 3 is 2.75 bits per heavy atom. The number of rotatable bonds is 8. The molecular formula is C25H32N6O. The molecule has 0 amide bonds. The Labute approximate surface area is 189 Å². The molecule has 0 unspecified atom stereocenters. The van der Waals surface area contributed by atoms with E-state index < -0.39 is 0 Å². The number of anilines is 3. The topological polar surface area (TPSA) is 86.4 Å². The van der Waals surface area contributed by atoms with Gasteiger partial charge in [-0.25, -0.2) is 4.52 Å². The minimum Gasteiger partial charge on any atom is -0.494 e. The van der Waals surface area contributed by atoms with Crippen LogP contribution in [0.25, 0.3) is 5.52 Å². The first-order chi connectivity index (χ1) is 15.6. The van der Waals surface area contributed by atoms with E-state index in [9.17, 15) is 5.26 Å². The fourth-order valence-electron chi connectivity index (χ4n) is 4.32. The van der Waals surface area contributed by atoms with Gasteiger partial charge in [-0.2, -0.15) is 10.4 Å². The molecule has 2 aromatic heterocycles. The first-order valence-corrected chi connectivity index (χ1v) is 11.5. The van der Waals surface area contributed by atoms with Gasteiger partial charge in [0.05, 0.1) is 24.0 Å². The summed E-state index contributed by atoms with van der Waals surface area (Å²) < 4.78 is 7.44. The molecule has 1 aromatic carbocycles. The second-order valence-electron chi connectivity index (χ2n) is 8.69. The van der Waals surface area contributed by atoms with E-state index in [4.69, 9.17) is 4.74 Å².